The number of benzene rings is 2. The first-order valence-electron chi connectivity index (χ1n) is 10.2. The van der Waals surface area contributed by atoms with Crippen LogP contribution in [0, 0.1) is 0 Å². The molecule has 0 bridgehead atoms. The normalized spacial score (nSPS) is 16.8. The van der Waals surface area contributed by atoms with Gasteiger partial charge >= 0.3 is 6.18 Å². The van der Waals surface area contributed by atoms with Crippen LogP contribution < -0.4 is 4.90 Å². The molecule has 0 radical (unpaired) electrons. The van der Waals surface area contributed by atoms with Crippen molar-refractivity contribution in [3.05, 3.63) is 54.4 Å². The van der Waals surface area contributed by atoms with Crippen LogP contribution in [0.3, 0.4) is 0 Å². The molecule has 1 amide bonds. The largest absolute Gasteiger partial charge is 0.449 e. The van der Waals surface area contributed by atoms with Gasteiger partial charge < -0.3 is 9.30 Å². The van der Waals surface area contributed by atoms with E-state index in [0.29, 0.717) is 11.7 Å². The number of hydrogen-bond acceptors (Lipinski definition) is 5. The minimum atomic E-state index is -4.69. The summed E-state index contributed by atoms with van der Waals surface area (Å²) in [6, 6.07) is 13.8. The van der Waals surface area contributed by atoms with Gasteiger partial charge in [-0.2, -0.15) is 13.2 Å². The highest BCUT2D eigenvalue weighted by atomic mass is 32.1. The third-order valence-corrected chi connectivity index (χ3v) is 6.49. The highest BCUT2D eigenvalue weighted by Crippen LogP contribution is 2.33. The van der Waals surface area contributed by atoms with Gasteiger partial charge in [-0.15, -0.1) is 0 Å². The zero-order valence-electron chi connectivity index (χ0n) is 16.9. The lowest BCUT2D eigenvalue weighted by Crippen LogP contribution is -2.40. The van der Waals surface area contributed by atoms with Crippen molar-refractivity contribution in [3.63, 3.8) is 0 Å². The van der Waals surface area contributed by atoms with E-state index in [-0.39, 0.29) is 23.7 Å². The van der Waals surface area contributed by atoms with Crippen molar-refractivity contribution in [2.75, 3.05) is 18.1 Å². The van der Waals surface area contributed by atoms with E-state index in [9.17, 15) is 18.0 Å². The third kappa shape index (κ3) is 3.95. The fourth-order valence-electron chi connectivity index (χ4n) is 3.93. The number of para-hydroxylation sites is 3. The number of rotatable bonds is 5. The van der Waals surface area contributed by atoms with E-state index < -0.39 is 24.5 Å². The number of aromatic nitrogens is 3. The number of carbonyl (C=O) groups is 1. The van der Waals surface area contributed by atoms with Crippen LogP contribution in [0.15, 0.2) is 48.5 Å². The van der Waals surface area contributed by atoms with E-state index in [0.717, 1.165) is 27.6 Å². The monoisotopic (exact) mass is 460 g/mol. The molecule has 166 valence electrons. The maximum absolute atomic E-state index is 13.7. The number of nitrogens with zero attached hydrogens (tertiary/aromatic N) is 4. The van der Waals surface area contributed by atoms with Crippen molar-refractivity contribution in [2.24, 2.45) is 0 Å². The zero-order chi connectivity index (χ0) is 22.3. The molecular weight excluding hydrogens is 441 g/mol. The van der Waals surface area contributed by atoms with Crippen LogP contribution in [0.4, 0.5) is 18.3 Å². The molecule has 4 aromatic rings. The molecule has 1 aliphatic rings. The molecule has 2 aromatic carbocycles. The Balaban J connectivity index is 1.53. The molecule has 3 heterocycles. The Kier molecular flexibility index (Phi) is 5.34. The van der Waals surface area contributed by atoms with Crippen molar-refractivity contribution < 1.29 is 22.7 Å². The Morgan fingerprint density at radius 1 is 1.12 bits per heavy atom. The van der Waals surface area contributed by atoms with E-state index in [1.807, 2.05) is 24.3 Å². The average molecular weight is 460 g/mol. The van der Waals surface area contributed by atoms with Crippen LogP contribution >= 0.6 is 11.3 Å². The Hall–Kier alpha value is -2.98. The third-order valence-electron chi connectivity index (χ3n) is 5.43. The number of carbonyl (C=O) groups excluding carboxylic acids is 1. The summed E-state index contributed by atoms with van der Waals surface area (Å²) in [5, 5.41) is 0.449. The van der Waals surface area contributed by atoms with E-state index in [2.05, 4.69) is 9.97 Å². The fourth-order valence-corrected chi connectivity index (χ4v) is 4.92. The van der Waals surface area contributed by atoms with Crippen LogP contribution in [-0.4, -0.2) is 39.7 Å². The maximum atomic E-state index is 13.7. The van der Waals surface area contributed by atoms with Crippen molar-refractivity contribution in [1.29, 1.82) is 0 Å². The van der Waals surface area contributed by atoms with Gasteiger partial charge in [0.2, 0.25) is 11.7 Å². The molecular formula is C22H19F3N4O2S. The smallest absolute Gasteiger partial charge is 0.376 e. The summed E-state index contributed by atoms with van der Waals surface area (Å²) in [7, 11) is 0. The van der Waals surface area contributed by atoms with Crippen molar-refractivity contribution in [1.82, 2.24) is 14.5 Å². The molecule has 5 rings (SSSR count). The van der Waals surface area contributed by atoms with Gasteiger partial charge in [-0.3, -0.25) is 9.69 Å². The number of thiazole rings is 1. The van der Waals surface area contributed by atoms with Crippen LogP contribution in [0.1, 0.15) is 18.7 Å². The van der Waals surface area contributed by atoms with E-state index in [1.165, 1.54) is 28.4 Å². The van der Waals surface area contributed by atoms with Gasteiger partial charge in [-0.1, -0.05) is 35.6 Å². The molecule has 1 unspecified atom stereocenters. The summed E-state index contributed by atoms with van der Waals surface area (Å²) in [5.41, 5.74) is 1.19. The number of hydrogen-bond donors (Lipinski definition) is 0. The number of fused-ring (bicyclic) bond motifs is 2. The first-order chi connectivity index (χ1) is 15.4. The molecule has 1 saturated heterocycles. The standard InChI is InChI=1S/C22H19F3N4O2S/c23-22(24,25)20-26-15-7-1-3-9-17(15)28(20)13-19(30)29(12-14-6-5-11-31-14)21-27-16-8-2-4-10-18(16)32-21/h1-4,7-10,14H,5-6,11-13H2. The summed E-state index contributed by atoms with van der Waals surface area (Å²) < 4.78 is 48.6. The van der Waals surface area contributed by atoms with Crippen LogP contribution in [0.25, 0.3) is 21.3 Å². The van der Waals surface area contributed by atoms with Crippen LogP contribution in [0.2, 0.25) is 0 Å². The van der Waals surface area contributed by atoms with Gasteiger partial charge in [-0.25, -0.2) is 9.97 Å². The van der Waals surface area contributed by atoms with Gasteiger partial charge in [-0.05, 0) is 37.1 Å². The molecule has 0 N–H and O–H groups in total. The minimum absolute atomic E-state index is 0.174. The Bertz CT molecular complexity index is 1240. The molecule has 0 saturated carbocycles. The maximum Gasteiger partial charge on any atom is 0.449 e. The van der Waals surface area contributed by atoms with Crippen molar-refractivity contribution >= 4 is 43.6 Å². The highest BCUT2D eigenvalue weighted by Gasteiger charge is 2.38. The molecule has 32 heavy (non-hydrogen) atoms. The van der Waals surface area contributed by atoms with Gasteiger partial charge in [0, 0.05) is 6.61 Å². The molecule has 1 aliphatic heterocycles. The summed E-state index contributed by atoms with van der Waals surface area (Å²) in [5.74, 6) is -1.58. The number of amides is 1. The van der Waals surface area contributed by atoms with E-state index in [4.69, 9.17) is 4.74 Å². The Labute approximate surface area is 185 Å². The van der Waals surface area contributed by atoms with E-state index >= 15 is 0 Å². The summed E-state index contributed by atoms with van der Waals surface area (Å²) >= 11 is 1.33. The second kappa shape index (κ2) is 8.18. The number of alkyl halides is 3. The van der Waals surface area contributed by atoms with Gasteiger partial charge in [0.25, 0.3) is 0 Å². The second-order valence-corrected chi connectivity index (χ2v) is 8.62. The number of halogens is 3. The minimum Gasteiger partial charge on any atom is -0.376 e. The number of imidazole rings is 1. The lowest BCUT2D eigenvalue weighted by molar-refractivity contribution is -0.147. The van der Waals surface area contributed by atoms with Crippen molar-refractivity contribution in [3.8, 4) is 0 Å². The molecule has 2 aromatic heterocycles. The van der Waals surface area contributed by atoms with E-state index in [1.54, 1.807) is 12.1 Å². The van der Waals surface area contributed by atoms with Crippen LogP contribution in [0.5, 0.6) is 0 Å². The molecule has 10 heteroatoms. The summed E-state index contributed by atoms with van der Waals surface area (Å²) in [4.78, 5) is 23.2. The first-order valence-corrected chi connectivity index (χ1v) is 11.0. The van der Waals surface area contributed by atoms with Gasteiger partial charge in [0.1, 0.15) is 6.54 Å². The van der Waals surface area contributed by atoms with Gasteiger partial charge in [0.15, 0.2) is 5.13 Å². The number of anilines is 1. The quantitative estimate of drug-likeness (QED) is 0.426. The first kappa shape index (κ1) is 20.9. The predicted molar refractivity (Wildman–Crippen MR) is 116 cm³/mol. The number of ether oxygens (including phenoxy) is 1. The van der Waals surface area contributed by atoms with Crippen LogP contribution in [-0.2, 0) is 22.3 Å². The van der Waals surface area contributed by atoms with Gasteiger partial charge in [0.05, 0.1) is 33.9 Å². The second-order valence-electron chi connectivity index (χ2n) is 7.61. The Morgan fingerprint density at radius 3 is 2.59 bits per heavy atom. The molecule has 1 fully saturated rings. The Morgan fingerprint density at radius 2 is 1.88 bits per heavy atom. The zero-order valence-corrected chi connectivity index (χ0v) is 17.7. The lowest BCUT2D eigenvalue weighted by Gasteiger charge is -2.24. The molecule has 0 spiro atoms. The average Bonchev–Trinajstić information content (AvgIpc) is 3.50. The highest BCUT2D eigenvalue weighted by molar-refractivity contribution is 7.22. The molecule has 6 nitrogen and oxygen atoms in total. The fraction of sp³-hybridized carbons (Fsp3) is 0.318. The predicted octanol–water partition coefficient (Wildman–Crippen LogP) is 4.88. The van der Waals surface area contributed by atoms with Crippen molar-refractivity contribution in [2.45, 2.75) is 31.7 Å². The SMILES string of the molecule is O=C(Cn1c(C(F)(F)F)nc2ccccc21)N(CC1CCCO1)c1nc2ccccc2s1. The summed E-state index contributed by atoms with van der Waals surface area (Å²) in [6.45, 7) is 0.349. The molecule has 1 atom stereocenters. The molecule has 0 aliphatic carbocycles. The summed E-state index contributed by atoms with van der Waals surface area (Å²) in [6.07, 6.45) is -3.19. The topological polar surface area (TPSA) is 60.2 Å². The lowest BCUT2D eigenvalue weighted by atomic mass is 10.2.